The molecule has 2 heteroatoms. The summed E-state index contributed by atoms with van der Waals surface area (Å²) in [4.78, 5) is 0. The molecular weight excluding hydrogens is 210 g/mol. The molecule has 1 aromatic carbocycles. The first-order chi connectivity index (χ1) is 7.94. The zero-order chi connectivity index (χ0) is 12.5. The van der Waals surface area contributed by atoms with Crippen molar-refractivity contribution in [1.82, 2.24) is 0 Å². The molecule has 0 saturated heterocycles. The Hall–Kier alpha value is -0.860. The molecule has 0 amide bonds. The molecule has 0 aromatic heterocycles. The van der Waals surface area contributed by atoms with Crippen molar-refractivity contribution in [3.8, 4) is 0 Å². The molecule has 1 aromatic rings. The van der Waals surface area contributed by atoms with Crippen molar-refractivity contribution in [3.05, 3.63) is 34.9 Å². The highest BCUT2D eigenvalue weighted by Crippen LogP contribution is 2.24. The molecule has 17 heavy (non-hydrogen) atoms. The third-order valence-electron chi connectivity index (χ3n) is 3.40. The molecule has 0 bridgehead atoms. The van der Waals surface area contributed by atoms with Gasteiger partial charge in [0.25, 0.3) is 0 Å². The molecule has 2 nitrogen and oxygen atoms in total. The lowest BCUT2D eigenvalue weighted by Gasteiger charge is -2.22. The van der Waals surface area contributed by atoms with Crippen molar-refractivity contribution in [2.24, 2.45) is 5.73 Å². The van der Waals surface area contributed by atoms with Crippen LogP contribution < -0.4 is 5.73 Å². The number of aryl methyl sites for hydroxylation is 2. The second kappa shape index (κ2) is 4.79. The van der Waals surface area contributed by atoms with E-state index in [1.807, 2.05) is 13.8 Å². The lowest BCUT2D eigenvalue weighted by atomic mass is 9.93. The van der Waals surface area contributed by atoms with Gasteiger partial charge in [0, 0.05) is 5.54 Å². The minimum atomic E-state index is -0.338. The van der Waals surface area contributed by atoms with Crippen LogP contribution in [0.4, 0.5) is 0 Å². The van der Waals surface area contributed by atoms with E-state index in [1.165, 1.54) is 36.0 Å². The standard InChI is InChI=1S/C15H23NO/c1-15(2,16)10-14(17)9-11-6-7-12-4-3-5-13(12)8-11/h6-8,14,17H,3-5,9-10,16H2,1-2H3. The van der Waals surface area contributed by atoms with Gasteiger partial charge in [0.15, 0.2) is 0 Å². The van der Waals surface area contributed by atoms with Gasteiger partial charge in [0.05, 0.1) is 6.10 Å². The first-order valence-electron chi connectivity index (χ1n) is 6.52. The van der Waals surface area contributed by atoms with Crippen LogP contribution in [0, 0.1) is 0 Å². The lowest BCUT2D eigenvalue weighted by Crippen LogP contribution is -2.36. The van der Waals surface area contributed by atoms with Crippen LogP contribution in [0.5, 0.6) is 0 Å². The Morgan fingerprint density at radius 2 is 2.00 bits per heavy atom. The van der Waals surface area contributed by atoms with Crippen LogP contribution in [0.1, 0.15) is 43.4 Å². The Kier molecular flexibility index (Phi) is 3.55. The Labute approximate surface area is 104 Å². The van der Waals surface area contributed by atoms with Crippen LogP contribution in [0.2, 0.25) is 0 Å². The molecule has 0 spiro atoms. The number of rotatable bonds is 4. The molecule has 0 aliphatic heterocycles. The van der Waals surface area contributed by atoms with E-state index in [0.29, 0.717) is 12.8 Å². The first kappa shape index (κ1) is 12.6. The Morgan fingerprint density at radius 3 is 2.71 bits per heavy atom. The molecule has 1 aliphatic carbocycles. The van der Waals surface area contributed by atoms with Crippen molar-refractivity contribution in [3.63, 3.8) is 0 Å². The Bertz CT molecular complexity index is 392. The van der Waals surface area contributed by atoms with Crippen molar-refractivity contribution < 1.29 is 5.11 Å². The zero-order valence-electron chi connectivity index (χ0n) is 10.9. The summed E-state index contributed by atoms with van der Waals surface area (Å²) in [6, 6.07) is 6.63. The molecule has 1 aliphatic rings. The largest absolute Gasteiger partial charge is 0.393 e. The van der Waals surface area contributed by atoms with Crippen LogP contribution in [-0.2, 0) is 19.3 Å². The highest BCUT2D eigenvalue weighted by molar-refractivity contribution is 5.35. The van der Waals surface area contributed by atoms with Gasteiger partial charge >= 0.3 is 0 Å². The maximum absolute atomic E-state index is 10.0. The highest BCUT2D eigenvalue weighted by Gasteiger charge is 2.18. The smallest absolute Gasteiger partial charge is 0.0597 e. The summed E-state index contributed by atoms with van der Waals surface area (Å²) >= 11 is 0. The zero-order valence-corrected chi connectivity index (χ0v) is 10.9. The van der Waals surface area contributed by atoms with Gasteiger partial charge in [0.1, 0.15) is 0 Å². The lowest BCUT2D eigenvalue weighted by molar-refractivity contribution is 0.140. The average Bonchev–Trinajstić information content (AvgIpc) is 2.61. The number of fused-ring (bicyclic) bond motifs is 1. The molecule has 0 fully saturated rings. The van der Waals surface area contributed by atoms with Gasteiger partial charge in [-0.2, -0.15) is 0 Å². The minimum Gasteiger partial charge on any atom is -0.393 e. The Morgan fingerprint density at radius 1 is 1.29 bits per heavy atom. The summed E-state index contributed by atoms with van der Waals surface area (Å²) in [6.07, 6.45) is 4.71. The first-order valence-corrected chi connectivity index (χ1v) is 6.52. The fraction of sp³-hybridized carbons (Fsp3) is 0.600. The van der Waals surface area contributed by atoms with Gasteiger partial charge in [-0.05, 0) is 62.6 Å². The van der Waals surface area contributed by atoms with Crippen molar-refractivity contribution in [2.75, 3.05) is 0 Å². The molecule has 0 heterocycles. The molecule has 0 saturated carbocycles. The van der Waals surface area contributed by atoms with E-state index < -0.39 is 0 Å². The maximum Gasteiger partial charge on any atom is 0.0597 e. The average molecular weight is 233 g/mol. The number of hydrogen-bond donors (Lipinski definition) is 2. The summed E-state index contributed by atoms with van der Waals surface area (Å²) < 4.78 is 0. The molecule has 1 unspecified atom stereocenters. The van der Waals surface area contributed by atoms with Gasteiger partial charge in [0.2, 0.25) is 0 Å². The van der Waals surface area contributed by atoms with E-state index in [-0.39, 0.29) is 11.6 Å². The van der Waals surface area contributed by atoms with Crippen molar-refractivity contribution in [2.45, 2.75) is 57.6 Å². The van der Waals surface area contributed by atoms with Crippen LogP contribution in [0.15, 0.2) is 18.2 Å². The second-order valence-corrected chi connectivity index (χ2v) is 6.01. The van der Waals surface area contributed by atoms with Crippen molar-refractivity contribution >= 4 is 0 Å². The summed E-state index contributed by atoms with van der Waals surface area (Å²) in [6.45, 7) is 3.91. The topological polar surface area (TPSA) is 46.2 Å². The van der Waals surface area contributed by atoms with E-state index in [1.54, 1.807) is 0 Å². The van der Waals surface area contributed by atoms with Crippen molar-refractivity contribution in [1.29, 1.82) is 0 Å². The molecule has 3 N–H and O–H groups in total. The van der Waals surface area contributed by atoms with Gasteiger partial charge in [-0.25, -0.2) is 0 Å². The van der Waals surface area contributed by atoms with Gasteiger partial charge in [-0.1, -0.05) is 18.2 Å². The third kappa shape index (κ3) is 3.55. The van der Waals surface area contributed by atoms with Crippen LogP contribution in [0.3, 0.4) is 0 Å². The number of aliphatic hydroxyl groups is 1. The van der Waals surface area contributed by atoms with Crippen LogP contribution in [0.25, 0.3) is 0 Å². The molecular formula is C15H23NO. The number of benzene rings is 1. The van der Waals surface area contributed by atoms with E-state index in [9.17, 15) is 5.11 Å². The minimum absolute atomic E-state index is 0.295. The summed E-state index contributed by atoms with van der Waals surface area (Å²) in [5.74, 6) is 0. The van der Waals surface area contributed by atoms with E-state index in [4.69, 9.17) is 5.73 Å². The predicted octanol–water partition coefficient (Wildman–Crippen LogP) is 2.21. The summed E-state index contributed by atoms with van der Waals surface area (Å²) in [7, 11) is 0. The second-order valence-electron chi connectivity index (χ2n) is 6.01. The highest BCUT2D eigenvalue weighted by atomic mass is 16.3. The third-order valence-corrected chi connectivity index (χ3v) is 3.40. The predicted molar refractivity (Wildman–Crippen MR) is 71.1 cm³/mol. The van der Waals surface area contributed by atoms with Crippen LogP contribution in [-0.4, -0.2) is 16.7 Å². The summed E-state index contributed by atoms with van der Waals surface area (Å²) in [5.41, 5.74) is 9.83. The molecule has 2 rings (SSSR count). The van der Waals surface area contributed by atoms with Gasteiger partial charge in [-0.15, -0.1) is 0 Å². The van der Waals surface area contributed by atoms with Crippen LogP contribution >= 0.6 is 0 Å². The molecule has 0 radical (unpaired) electrons. The van der Waals surface area contributed by atoms with Gasteiger partial charge < -0.3 is 10.8 Å². The van der Waals surface area contributed by atoms with E-state index >= 15 is 0 Å². The van der Waals surface area contributed by atoms with E-state index in [0.717, 1.165) is 0 Å². The summed E-state index contributed by atoms with van der Waals surface area (Å²) in [5, 5.41) is 10.0. The molecule has 94 valence electrons. The molecule has 1 atom stereocenters. The normalized spacial score (nSPS) is 16.9. The quantitative estimate of drug-likeness (QED) is 0.837. The monoisotopic (exact) mass is 233 g/mol. The van der Waals surface area contributed by atoms with E-state index in [2.05, 4.69) is 18.2 Å². The number of nitrogens with two attached hydrogens (primary N) is 1. The van der Waals surface area contributed by atoms with Gasteiger partial charge in [-0.3, -0.25) is 0 Å². The maximum atomic E-state index is 10.0. The number of hydrogen-bond acceptors (Lipinski definition) is 2. The fourth-order valence-corrected chi connectivity index (χ4v) is 2.70. The number of aliphatic hydroxyl groups excluding tert-OH is 1. The SMILES string of the molecule is CC(C)(N)CC(O)Cc1ccc2c(c1)CCC2. The fourth-order valence-electron chi connectivity index (χ4n) is 2.70. The Balaban J connectivity index is 1.99.